The molecule has 0 aliphatic rings. The SMILES string of the molecule is CCc1ccccc1NC(=O)C[NH+](C)Cc1cc(=O)oc2cc(O)ccc12. The molecule has 3 N–H and O–H groups in total. The first kappa shape index (κ1) is 18.7. The number of likely N-dealkylation sites (N-methyl/N-ethyl adjacent to an activating group) is 1. The van der Waals surface area contributed by atoms with E-state index in [1.54, 1.807) is 12.1 Å². The fourth-order valence-corrected chi connectivity index (χ4v) is 3.17. The minimum atomic E-state index is -0.475. The molecule has 27 heavy (non-hydrogen) atoms. The van der Waals surface area contributed by atoms with Gasteiger partial charge < -0.3 is 19.7 Å². The zero-order valence-corrected chi connectivity index (χ0v) is 15.4. The Morgan fingerprint density at radius 1 is 1.15 bits per heavy atom. The molecule has 0 aliphatic heterocycles. The van der Waals surface area contributed by atoms with Crippen LogP contribution in [-0.4, -0.2) is 24.6 Å². The second-order valence-corrected chi connectivity index (χ2v) is 6.64. The molecule has 1 amide bonds. The number of aromatic hydroxyl groups is 1. The second-order valence-electron chi connectivity index (χ2n) is 6.64. The van der Waals surface area contributed by atoms with Gasteiger partial charge in [-0.25, -0.2) is 4.79 Å². The number of fused-ring (bicyclic) bond motifs is 1. The second kappa shape index (κ2) is 8.05. The van der Waals surface area contributed by atoms with Gasteiger partial charge in [0.2, 0.25) is 0 Å². The Balaban J connectivity index is 1.72. The standard InChI is InChI=1S/C21H22N2O4/c1-3-14-6-4-5-7-18(14)22-20(25)13-23(2)12-15-10-21(26)27-19-11-16(24)8-9-17(15)19/h4-11,24H,3,12-13H2,1-2H3,(H,22,25)/p+1. The van der Waals surface area contributed by atoms with Crippen molar-refractivity contribution in [2.45, 2.75) is 19.9 Å². The molecule has 6 heteroatoms. The lowest BCUT2D eigenvalue weighted by Crippen LogP contribution is -3.08. The molecular formula is C21H23N2O4+. The number of benzene rings is 2. The summed E-state index contributed by atoms with van der Waals surface area (Å²) in [6.45, 7) is 2.79. The zero-order valence-electron chi connectivity index (χ0n) is 15.4. The van der Waals surface area contributed by atoms with Gasteiger partial charge in [0.25, 0.3) is 5.91 Å². The van der Waals surface area contributed by atoms with Crippen LogP contribution in [0.25, 0.3) is 11.0 Å². The molecule has 1 unspecified atom stereocenters. The molecule has 1 heterocycles. The van der Waals surface area contributed by atoms with Crippen molar-refractivity contribution in [3.63, 3.8) is 0 Å². The number of amides is 1. The molecule has 1 atom stereocenters. The highest BCUT2D eigenvalue weighted by molar-refractivity contribution is 5.92. The minimum absolute atomic E-state index is 0.0393. The van der Waals surface area contributed by atoms with Crippen LogP contribution in [0.4, 0.5) is 5.69 Å². The van der Waals surface area contributed by atoms with Crippen LogP contribution in [0.5, 0.6) is 5.75 Å². The van der Waals surface area contributed by atoms with E-state index in [1.165, 1.54) is 12.1 Å². The van der Waals surface area contributed by atoms with Crippen LogP contribution in [0.3, 0.4) is 0 Å². The van der Waals surface area contributed by atoms with E-state index in [0.717, 1.165) is 33.5 Å². The third kappa shape index (κ3) is 4.54. The van der Waals surface area contributed by atoms with E-state index in [0.29, 0.717) is 12.1 Å². The molecule has 1 aromatic heterocycles. The number of carbonyl (C=O) groups is 1. The summed E-state index contributed by atoms with van der Waals surface area (Å²) < 4.78 is 5.15. The van der Waals surface area contributed by atoms with Crippen LogP contribution >= 0.6 is 0 Å². The molecule has 3 aromatic rings. The first-order valence-corrected chi connectivity index (χ1v) is 8.91. The van der Waals surface area contributed by atoms with Crippen molar-refractivity contribution in [3.05, 3.63) is 70.1 Å². The Labute approximate surface area is 157 Å². The van der Waals surface area contributed by atoms with Gasteiger partial charge in [0.1, 0.15) is 17.9 Å². The van der Waals surface area contributed by atoms with Crippen LogP contribution in [-0.2, 0) is 17.8 Å². The molecule has 0 spiro atoms. The molecule has 3 rings (SSSR count). The van der Waals surface area contributed by atoms with Crippen LogP contribution in [0, 0.1) is 0 Å². The highest BCUT2D eigenvalue weighted by atomic mass is 16.4. The van der Waals surface area contributed by atoms with Crippen molar-refractivity contribution in [1.29, 1.82) is 0 Å². The van der Waals surface area contributed by atoms with Crippen LogP contribution < -0.4 is 15.8 Å². The third-order valence-corrected chi connectivity index (χ3v) is 4.44. The first-order valence-electron chi connectivity index (χ1n) is 8.91. The maximum atomic E-state index is 12.4. The quantitative estimate of drug-likeness (QED) is 0.579. The van der Waals surface area contributed by atoms with E-state index in [1.807, 2.05) is 38.2 Å². The van der Waals surface area contributed by atoms with Crippen LogP contribution in [0.15, 0.2) is 57.7 Å². The van der Waals surface area contributed by atoms with Crippen LogP contribution in [0.1, 0.15) is 18.1 Å². The van der Waals surface area contributed by atoms with Gasteiger partial charge in [-0.3, -0.25) is 4.79 Å². The highest BCUT2D eigenvalue weighted by Crippen LogP contribution is 2.21. The molecule has 0 saturated carbocycles. The third-order valence-electron chi connectivity index (χ3n) is 4.44. The van der Waals surface area contributed by atoms with Crippen molar-refractivity contribution in [2.24, 2.45) is 0 Å². The van der Waals surface area contributed by atoms with Gasteiger partial charge in [0.15, 0.2) is 6.54 Å². The van der Waals surface area contributed by atoms with E-state index < -0.39 is 5.63 Å². The maximum absolute atomic E-state index is 12.4. The maximum Gasteiger partial charge on any atom is 0.336 e. The van der Waals surface area contributed by atoms with Crippen molar-refractivity contribution in [1.82, 2.24) is 0 Å². The lowest BCUT2D eigenvalue weighted by molar-refractivity contribution is -0.885. The fraction of sp³-hybridized carbons (Fsp3) is 0.238. The van der Waals surface area contributed by atoms with Crippen molar-refractivity contribution < 1.29 is 19.2 Å². The molecule has 0 bridgehead atoms. The van der Waals surface area contributed by atoms with E-state index >= 15 is 0 Å². The van der Waals surface area contributed by atoms with Gasteiger partial charge in [-0.1, -0.05) is 25.1 Å². The Morgan fingerprint density at radius 3 is 2.70 bits per heavy atom. The number of nitrogens with one attached hydrogen (secondary N) is 2. The Hall–Kier alpha value is -3.12. The normalized spacial score (nSPS) is 12.1. The number of para-hydroxylation sites is 1. The Kier molecular flexibility index (Phi) is 5.57. The van der Waals surface area contributed by atoms with Crippen LogP contribution in [0.2, 0.25) is 0 Å². The van der Waals surface area contributed by atoms with Crippen molar-refractivity contribution >= 4 is 22.6 Å². The first-order chi connectivity index (χ1) is 13.0. The summed E-state index contributed by atoms with van der Waals surface area (Å²) >= 11 is 0. The van der Waals surface area contributed by atoms with Gasteiger partial charge in [-0.2, -0.15) is 0 Å². The molecule has 2 aromatic carbocycles. The summed E-state index contributed by atoms with van der Waals surface area (Å²) in [6, 6.07) is 13.9. The van der Waals surface area contributed by atoms with Crippen molar-refractivity contribution in [3.8, 4) is 5.75 Å². The number of aryl methyl sites for hydroxylation is 1. The van der Waals surface area contributed by atoms with Gasteiger partial charge >= 0.3 is 5.63 Å². The Morgan fingerprint density at radius 2 is 1.93 bits per heavy atom. The average molecular weight is 367 g/mol. The summed E-state index contributed by atoms with van der Waals surface area (Å²) in [7, 11) is 1.90. The smallest absolute Gasteiger partial charge is 0.336 e. The Bertz CT molecular complexity index is 1030. The number of anilines is 1. The van der Waals surface area contributed by atoms with Gasteiger partial charge in [0.05, 0.1) is 7.05 Å². The summed E-state index contributed by atoms with van der Waals surface area (Å²) in [4.78, 5) is 25.1. The molecule has 0 saturated heterocycles. The molecular weight excluding hydrogens is 344 g/mol. The van der Waals surface area contributed by atoms with E-state index in [4.69, 9.17) is 4.42 Å². The average Bonchev–Trinajstić information content (AvgIpc) is 2.61. The topological polar surface area (TPSA) is 84.0 Å². The van der Waals surface area contributed by atoms with E-state index in [2.05, 4.69) is 5.32 Å². The number of hydrogen-bond acceptors (Lipinski definition) is 4. The summed E-state index contributed by atoms with van der Waals surface area (Å²) in [6.07, 6.45) is 0.845. The fourth-order valence-electron chi connectivity index (χ4n) is 3.17. The molecule has 0 fully saturated rings. The molecule has 140 valence electrons. The molecule has 0 radical (unpaired) electrons. The lowest BCUT2D eigenvalue weighted by Gasteiger charge is -2.16. The number of carbonyl (C=O) groups excluding carboxylic acids is 1. The van der Waals surface area contributed by atoms with E-state index in [-0.39, 0.29) is 18.2 Å². The molecule has 6 nitrogen and oxygen atoms in total. The lowest BCUT2D eigenvalue weighted by atomic mass is 10.1. The predicted molar refractivity (Wildman–Crippen MR) is 104 cm³/mol. The van der Waals surface area contributed by atoms with Crippen molar-refractivity contribution in [2.75, 3.05) is 18.9 Å². The van der Waals surface area contributed by atoms with Gasteiger partial charge in [-0.05, 0) is 30.2 Å². The number of hydrogen-bond donors (Lipinski definition) is 3. The number of phenolic OH excluding ortho intramolecular Hbond substituents is 1. The monoisotopic (exact) mass is 367 g/mol. The number of phenols is 1. The molecule has 0 aliphatic carbocycles. The zero-order chi connectivity index (χ0) is 19.4. The van der Waals surface area contributed by atoms with Gasteiger partial charge in [0, 0.05) is 28.8 Å². The summed E-state index contributed by atoms with van der Waals surface area (Å²) in [5.41, 5.74) is 2.57. The summed E-state index contributed by atoms with van der Waals surface area (Å²) in [5.74, 6) is -0.0456. The van der Waals surface area contributed by atoms with E-state index in [9.17, 15) is 14.7 Å². The summed E-state index contributed by atoms with van der Waals surface area (Å²) in [5, 5.41) is 13.3. The number of rotatable bonds is 6. The largest absolute Gasteiger partial charge is 0.508 e. The number of quaternary nitrogens is 1. The predicted octanol–water partition coefficient (Wildman–Crippen LogP) is 1.71. The van der Waals surface area contributed by atoms with Gasteiger partial charge in [-0.15, -0.1) is 0 Å². The minimum Gasteiger partial charge on any atom is -0.508 e. The highest BCUT2D eigenvalue weighted by Gasteiger charge is 2.15.